The summed E-state index contributed by atoms with van der Waals surface area (Å²) in [6, 6.07) is 7.39. The van der Waals surface area contributed by atoms with Crippen LogP contribution in [0.4, 0.5) is 0 Å². The van der Waals surface area contributed by atoms with E-state index >= 15 is 0 Å². The smallest absolute Gasteiger partial charge is 0.223 e. The molecule has 4 rings (SSSR count). The second-order valence-electron chi connectivity index (χ2n) is 9.43. The number of ether oxygens (including phenoxy) is 1. The van der Waals surface area contributed by atoms with Crippen molar-refractivity contribution in [2.45, 2.75) is 57.8 Å². The first-order valence-electron chi connectivity index (χ1n) is 11.5. The first-order chi connectivity index (χ1) is 14.5. The molecule has 1 atom stereocenters. The van der Waals surface area contributed by atoms with E-state index in [1.165, 1.54) is 19.3 Å². The van der Waals surface area contributed by atoms with Gasteiger partial charge in [0.2, 0.25) is 11.8 Å². The van der Waals surface area contributed by atoms with Gasteiger partial charge >= 0.3 is 0 Å². The molecule has 3 fully saturated rings. The Morgan fingerprint density at radius 3 is 2.53 bits per heavy atom. The summed E-state index contributed by atoms with van der Waals surface area (Å²) in [7, 11) is 0. The molecule has 3 aliphatic rings. The molecular weight excluding hydrogens is 400 g/mol. The zero-order chi connectivity index (χ0) is 21.0. The van der Waals surface area contributed by atoms with Gasteiger partial charge in [-0.15, -0.1) is 0 Å². The van der Waals surface area contributed by atoms with Crippen LogP contribution in [0, 0.1) is 11.3 Å². The van der Waals surface area contributed by atoms with Gasteiger partial charge in [-0.25, -0.2) is 0 Å². The average molecular weight is 433 g/mol. The largest absolute Gasteiger partial charge is 0.493 e. The predicted molar refractivity (Wildman–Crippen MR) is 118 cm³/mol. The van der Waals surface area contributed by atoms with E-state index in [2.05, 4.69) is 0 Å². The number of amides is 2. The van der Waals surface area contributed by atoms with Crippen LogP contribution in [0.2, 0.25) is 5.02 Å². The lowest BCUT2D eigenvalue weighted by Gasteiger charge is -2.43. The highest BCUT2D eigenvalue weighted by atomic mass is 35.5. The summed E-state index contributed by atoms with van der Waals surface area (Å²) in [5.74, 6) is 1.75. The van der Waals surface area contributed by atoms with Crippen LogP contribution in [0.5, 0.6) is 5.75 Å². The molecule has 2 amide bonds. The first-order valence-corrected chi connectivity index (χ1v) is 11.8. The molecule has 6 heteroatoms. The van der Waals surface area contributed by atoms with E-state index in [-0.39, 0.29) is 17.2 Å². The summed E-state index contributed by atoms with van der Waals surface area (Å²) >= 11 is 6.11. The van der Waals surface area contributed by atoms with Crippen LogP contribution in [-0.4, -0.2) is 54.4 Å². The Kier molecular flexibility index (Phi) is 6.87. The summed E-state index contributed by atoms with van der Waals surface area (Å²) in [6.45, 7) is 3.55. The van der Waals surface area contributed by atoms with Gasteiger partial charge in [-0.3, -0.25) is 9.59 Å². The van der Waals surface area contributed by atoms with Gasteiger partial charge in [0, 0.05) is 49.5 Å². The summed E-state index contributed by atoms with van der Waals surface area (Å²) in [5.41, 5.74) is -0.339. The SMILES string of the molecule is O=C(C[C@]1(COc2cccc(Cl)c2)CCCN(C(=O)CC2CC2)C1)N1CCCCC1. The number of nitrogens with zero attached hydrogens (tertiary/aromatic N) is 2. The standard InChI is InChI=1S/C24H33ClN2O3/c25-20-6-4-7-21(15-20)30-18-24(16-23(29)26-11-2-1-3-12-26)10-5-13-27(17-24)22(28)14-19-8-9-19/h4,6-7,15,19H,1-3,5,8-14,16-18H2/t24-/m1/s1. The molecule has 0 aromatic heterocycles. The van der Waals surface area contributed by atoms with E-state index in [1.807, 2.05) is 28.0 Å². The number of benzene rings is 1. The lowest BCUT2D eigenvalue weighted by atomic mass is 9.77. The Morgan fingerprint density at radius 1 is 1.03 bits per heavy atom. The molecular formula is C24H33ClN2O3. The van der Waals surface area contributed by atoms with Gasteiger partial charge < -0.3 is 14.5 Å². The van der Waals surface area contributed by atoms with Crippen LogP contribution in [0.25, 0.3) is 0 Å². The van der Waals surface area contributed by atoms with Crippen LogP contribution in [-0.2, 0) is 9.59 Å². The first kappa shape index (κ1) is 21.5. The maximum Gasteiger partial charge on any atom is 0.223 e. The van der Waals surface area contributed by atoms with Crippen molar-refractivity contribution in [3.63, 3.8) is 0 Å². The molecule has 1 saturated carbocycles. The lowest BCUT2D eigenvalue weighted by Crippen LogP contribution is -2.51. The van der Waals surface area contributed by atoms with E-state index < -0.39 is 0 Å². The van der Waals surface area contributed by atoms with Crippen molar-refractivity contribution in [1.29, 1.82) is 0 Å². The van der Waals surface area contributed by atoms with Gasteiger partial charge in [-0.05, 0) is 69.1 Å². The maximum absolute atomic E-state index is 13.1. The van der Waals surface area contributed by atoms with E-state index in [9.17, 15) is 9.59 Å². The van der Waals surface area contributed by atoms with Gasteiger partial charge in [-0.2, -0.15) is 0 Å². The zero-order valence-electron chi connectivity index (χ0n) is 17.8. The average Bonchev–Trinajstić information content (AvgIpc) is 3.57. The molecule has 1 aliphatic carbocycles. The molecule has 0 unspecified atom stereocenters. The van der Waals surface area contributed by atoms with Crippen molar-refractivity contribution in [1.82, 2.24) is 9.80 Å². The van der Waals surface area contributed by atoms with Gasteiger partial charge in [0.15, 0.2) is 0 Å². The molecule has 2 saturated heterocycles. The molecule has 1 aromatic rings. The third kappa shape index (κ3) is 5.69. The van der Waals surface area contributed by atoms with E-state index in [4.69, 9.17) is 16.3 Å². The van der Waals surface area contributed by atoms with Gasteiger partial charge in [0.1, 0.15) is 5.75 Å². The normalized spacial score (nSPS) is 24.6. The highest BCUT2D eigenvalue weighted by Gasteiger charge is 2.41. The molecule has 0 N–H and O–H groups in total. The Bertz CT molecular complexity index is 761. The quantitative estimate of drug-likeness (QED) is 0.636. The Labute approximate surface area is 184 Å². The molecule has 5 nitrogen and oxygen atoms in total. The van der Waals surface area contributed by atoms with E-state index in [0.717, 1.165) is 45.3 Å². The van der Waals surface area contributed by atoms with E-state index in [0.29, 0.717) is 42.7 Å². The third-order valence-corrected chi connectivity index (χ3v) is 6.99. The molecule has 164 valence electrons. The van der Waals surface area contributed by atoms with Crippen molar-refractivity contribution >= 4 is 23.4 Å². The van der Waals surface area contributed by atoms with Crippen molar-refractivity contribution in [3.8, 4) is 5.75 Å². The Hall–Kier alpha value is -1.75. The molecule has 0 spiro atoms. The molecule has 0 radical (unpaired) electrons. The molecule has 0 bridgehead atoms. The number of piperidine rings is 2. The van der Waals surface area contributed by atoms with Gasteiger partial charge in [-0.1, -0.05) is 17.7 Å². The highest BCUT2D eigenvalue weighted by molar-refractivity contribution is 6.30. The van der Waals surface area contributed by atoms with Crippen LogP contribution in [0.15, 0.2) is 24.3 Å². The summed E-state index contributed by atoms with van der Waals surface area (Å²) in [6.07, 6.45) is 8.66. The number of halogens is 1. The fraction of sp³-hybridized carbons (Fsp3) is 0.667. The number of carbonyl (C=O) groups excluding carboxylic acids is 2. The van der Waals surface area contributed by atoms with Crippen LogP contribution < -0.4 is 4.74 Å². The van der Waals surface area contributed by atoms with Crippen LogP contribution in [0.3, 0.4) is 0 Å². The summed E-state index contributed by atoms with van der Waals surface area (Å²) in [4.78, 5) is 30.0. The minimum atomic E-state index is -0.339. The summed E-state index contributed by atoms with van der Waals surface area (Å²) in [5, 5.41) is 0.635. The van der Waals surface area contributed by atoms with Crippen molar-refractivity contribution < 1.29 is 14.3 Å². The fourth-order valence-electron chi connectivity index (χ4n) is 4.80. The number of hydrogen-bond donors (Lipinski definition) is 0. The number of likely N-dealkylation sites (tertiary alicyclic amines) is 2. The second kappa shape index (κ2) is 9.59. The number of hydrogen-bond acceptors (Lipinski definition) is 3. The monoisotopic (exact) mass is 432 g/mol. The molecule has 1 aromatic carbocycles. The minimum absolute atomic E-state index is 0.209. The number of rotatable bonds is 7. The van der Waals surface area contributed by atoms with Gasteiger partial charge in [0.05, 0.1) is 6.61 Å². The van der Waals surface area contributed by atoms with E-state index in [1.54, 1.807) is 6.07 Å². The fourth-order valence-corrected chi connectivity index (χ4v) is 4.98. The van der Waals surface area contributed by atoms with Crippen LogP contribution >= 0.6 is 11.6 Å². The highest BCUT2D eigenvalue weighted by Crippen LogP contribution is 2.38. The lowest BCUT2D eigenvalue weighted by molar-refractivity contribution is -0.142. The molecule has 2 heterocycles. The zero-order valence-corrected chi connectivity index (χ0v) is 18.5. The third-order valence-electron chi connectivity index (χ3n) is 6.75. The Morgan fingerprint density at radius 2 is 1.80 bits per heavy atom. The number of carbonyl (C=O) groups is 2. The topological polar surface area (TPSA) is 49.9 Å². The van der Waals surface area contributed by atoms with Crippen molar-refractivity contribution in [2.75, 3.05) is 32.8 Å². The maximum atomic E-state index is 13.1. The molecule has 2 aliphatic heterocycles. The minimum Gasteiger partial charge on any atom is -0.493 e. The summed E-state index contributed by atoms with van der Waals surface area (Å²) < 4.78 is 6.15. The predicted octanol–water partition coefficient (Wildman–Crippen LogP) is 4.53. The second-order valence-corrected chi connectivity index (χ2v) is 9.87. The Balaban J connectivity index is 1.47. The van der Waals surface area contributed by atoms with Gasteiger partial charge in [0.25, 0.3) is 0 Å². The molecule has 30 heavy (non-hydrogen) atoms. The van der Waals surface area contributed by atoms with Crippen molar-refractivity contribution in [2.24, 2.45) is 11.3 Å². The van der Waals surface area contributed by atoms with Crippen LogP contribution in [0.1, 0.15) is 57.8 Å². The van der Waals surface area contributed by atoms with Crippen molar-refractivity contribution in [3.05, 3.63) is 29.3 Å².